The van der Waals surface area contributed by atoms with Gasteiger partial charge in [0.15, 0.2) is 0 Å². The molecule has 0 radical (unpaired) electrons. The van der Waals surface area contributed by atoms with Gasteiger partial charge in [-0.1, -0.05) is 0 Å². The first-order valence-corrected chi connectivity index (χ1v) is 5.03. The summed E-state index contributed by atoms with van der Waals surface area (Å²) in [7, 11) is 1.68. The van der Waals surface area contributed by atoms with Crippen molar-refractivity contribution in [1.82, 2.24) is 5.32 Å². The first-order chi connectivity index (χ1) is 6.08. The van der Waals surface area contributed by atoms with E-state index in [-0.39, 0.29) is 11.3 Å². The quantitative estimate of drug-likeness (QED) is 0.797. The second-order valence-corrected chi connectivity index (χ2v) is 3.91. The molecule has 0 bridgehead atoms. The summed E-state index contributed by atoms with van der Waals surface area (Å²) in [5.74, 6) is -2.68. The van der Waals surface area contributed by atoms with Crippen LogP contribution in [0.2, 0.25) is 0 Å². The van der Waals surface area contributed by atoms with Crippen molar-refractivity contribution in [3.63, 3.8) is 0 Å². The average Bonchev–Trinajstić information content (AvgIpc) is 2.48. The third-order valence-corrected chi connectivity index (χ3v) is 3.01. The molecule has 0 atom stereocenters. The monoisotopic (exact) mass is 205 g/mol. The summed E-state index contributed by atoms with van der Waals surface area (Å²) >= 11 is 1.13. The Morgan fingerprint density at radius 1 is 1.54 bits per heavy atom. The van der Waals surface area contributed by atoms with Gasteiger partial charge in [-0.3, -0.25) is 0 Å². The summed E-state index contributed by atoms with van der Waals surface area (Å²) in [6.07, 6.45) is -0.134. The summed E-state index contributed by atoms with van der Waals surface area (Å²) in [5.41, 5.74) is 0.686. The van der Waals surface area contributed by atoms with Crippen LogP contribution in [-0.2, 0) is 5.92 Å². The topological polar surface area (TPSA) is 12.0 Å². The van der Waals surface area contributed by atoms with Crippen molar-refractivity contribution in [1.29, 1.82) is 0 Å². The van der Waals surface area contributed by atoms with E-state index in [9.17, 15) is 8.78 Å². The molecule has 0 aliphatic carbocycles. The summed E-state index contributed by atoms with van der Waals surface area (Å²) in [5, 5.41) is 4.44. The molecular weight excluding hydrogens is 192 g/mol. The lowest BCUT2D eigenvalue weighted by atomic mass is 10.1. The normalized spacial score (nSPS) is 12.0. The molecule has 1 nitrogen and oxygen atoms in total. The van der Waals surface area contributed by atoms with Crippen LogP contribution in [0.1, 0.15) is 16.9 Å². The average molecular weight is 205 g/mol. The largest absolute Gasteiger partial charge is 0.320 e. The van der Waals surface area contributed by atoms with Gasteiger partial charge in [0.2, 0.25) is 0 Å². The summed E-state index contributed by atoms with van der Waals surface area (Å²) in [6.45, 7) is 2.06. The highest BCUT2D eigenvalue weighted by Crippen LogP contribution is 2.36. The van der Waals surface area contributed by atoms with Crippen LogP contribution < -0.4 is 5.32 Å². The second kappa shape index (κ2) is 4.15. The van der Waals surface area contributed by atoms with E-state index in [1.165, 1.54) is 0 Å². The van der Waals surface area contributed by atoms with Gasteiger partial charge in [0.05, 0.1) is 4.88 Å². The maximum absolute atomic E-state index is 13.4. The first-order valence-electron chi connectivity index (χ1n) is 4.15. The van der Waals surface area contributed by atoms with Crippen molar-refractivity contribution < 1.29 is 8.78 Å². The number of rotatable bonds is 4. The molecule has 1 aromatic heterocycles. The number of hydrogen-bond acceptors (Lipinski definition) is 2. The van der Waals surface area contributed by atoms with Crippen LogP contribution in [0.4, 0.5) is 8.78 Å². The molecule has 0 amide bonds. The van der Waals surface area contributed by atoms with Gasteiger partial charge in [0, 0.05) is 13.0 Å². The predicted molar refractivity (Wildman–Crippen MR) is 51.5 cm³/mol. The lowest BCUT2D eigenvalue weighted by Gasteiger charge is -2.15. The molecule has 74 valence electrons. The van der Waals surface area contributed by atoms with E-state index in [4.69, 9.17) is 0 Å². The van der Waals surface area contributed by atoms with Crippen LogP contribution in [0.25, 0.3) is 0 Å². The van der Waals surface area contributed by atoms with Gasteiger partial charge in [-0.2, -0.15) is 0 Å². The van der Waals surface area contributed by atoms with E-state index in [0.717, 1.165) is 11.3 Å². The number of thiophene rings is 1. The third-order valence-electron chi connectivity index (χ3n) is 1.88. The maximum atomic E-state index is 13.4. The van der Waals surface area contributed by atoms with E-state index < -0.39 is 5.92 Å². The molecule has 0 aliphatic rings. The molecule has 0 spiro atoms. The van der Waals surface area contributed by atoms with Crippen molar-refractivity contribution in [3.8, 4) is 0 Å². The number of hydrogen-bond donors (Lipinski definition) is 1. The Morgan fingerprint density at radius 2 is 2.23 bits per heavy atom. The van der Waals surface area contributed by atoms with Crippen LogP contribution in [0.3, 0.4) is 0 Å². The fourth-order valence-electron chi connectivity index (χ4n) is 1.14. The Kier molecular flexibility index (Phi) is 3.39. The summed E-state index contributed by atoms with van der Waals surface area (Å²) in [6, 6.07) is 1.73. The summed E-state index contributed by atoms with van der Waals surface area (Å²) in [4.78, 5) is 0.197. The van der Waals surface area contributed by atoms with E-state index in [0.29, 0.717) is 12.1 Å². The van der Waals surface area contributed by atoms with Gasteiger partial charge >= 0.3 is 0 Å². The van der Waals surface area contributed by atoms with Crippen molar-refractivity contribution in [2.75, 3.05) is 13.6 Å². The van der Waals surface area contributed by atoms with Crippen LogP contribution in [0.5, 0.6) is 0 Å². The van der Waals surface area contributed by atoms with E-state index >= 15 is 0 Å². The Bertz CT molecular complexity index is 270. The molecule has 0 saturated heterocycles. The Morgan fingerprint density at radius 3 is 2.69 bits per heavy atom. The van der Waals surface area contributed by atoms with Gasteiger partial charge < -0.3 is 5.32 Å². The number of alkyl halides is 2. The molecule has 0 saturated carbocycles. The van der Waals surface area contributed by atoms with E-state index in [2.05, 4.69) is 5.32 Å². The molecule has 0 aliphatic heterocycles. The zero-order valence-electron chi connectivity index (χ0n) is 7.73. The van der Waals surface area contributed by atoms with Crippen LogP contribution in [0.15, 0.2) is 11.4 Å². The number of aryl methyl sites for hydroxylation is 1. The second-order valence-electron chi connectivity index (χ2n) is 2.99. The Balaban J connectivity index is 2.74. The lowest BCUT2D eigenvalue weighted by Crippen LogP contribution is -2.20. The molecule has 4 heteroatoms. The first kappa shape index (κ1) is 10.6. The Hall–Kier alpha value is -0.480. The maximum Gasteiger partial charge on any atom is 0.283 e. The molecule has 13 heavy (non-hydrogen) atoms. The molecule has 1 aromatic rings. The van der Waals surface area contributed by atoms with Gasteiger partial charge in [0.25, 0.3) is 5.92 Å². The molecular formula is C9H13F2NS. The minimum absolute atomic E-state index is 0.134. The molecule has 1 N–H and O–H groups in total. The van der Waals surface area contributed by atoms with Crippen LogP contribution in [0, 0.1) is 6.92 Å². The molecule has 0 fully saturated rings. The predicted octanol–water partition coefficient (Wildman–Crippen LogP) is 2.76. The molecule has 0 unspecified atom stereocenters. The third kappa shape index (κ3) is 2.48. The highest BCUT2D eigenvalue weighted by atomic mass is 32.1. The van der Waals surface area contributed by atoms with Crippen molar-refractivity contribution in [3.05, 3.63) is 21.9 Å². The number of halogens is 2. The highest BCUT2D eigenvalue weighted by Gasteiger charge is 2.33. The van der Waals surface area contributed by atoms with Crippen molar-refractivity contribution >= 4 is 11.3 Å². The molecule has 0 aromatic carbocycles. The van der Waals surface area contributed by atoms with Crippen LogP contribution in [-0.4, -0.2) is 13.6 Å². The molecule has 1 heterocycles. The SMILES string of the molecule is CNCCC(F)(F)c1sccc1C. The van der Waals surface area contributed by atoms with E-state index in [1.807, 2.05) is 0 Å². The summed E-state index contributed by atoms with van der Waals surface area (Å²) < 4.78 is 26.8. The van der Waals surface area contributed by atoms with Crippen molar-refractivity contribution in [2.24, 2.45) is 0 Å². The minimum Gasteiger partial charge on any atom is -0.320 e. The van der Waals surface area contributed by atoms with E-state index in [1.54, 1.807) is 25.4 Å². The van der Waals surface area contributed by atoms with Gasteiger partial charge in [0.1, 0.15) is 0 Å². The number of nitrogens with one attached hydrogen (secondary N) is 1. The minimum atomic E-state index is -2.68. The Labute approximate surface area is 80.8 Å². The van der Waals surface area contributed by atoms with Crippen LogP contribution >= 0.6 is 11.3 Å². The lowest BCUT2D eigenvalue weighted by molar-refractivity contribution is -0.00902. The fourth-order valence-corrected chi connectivity index (χ4v) is 2.08. The zero-order chi connectivity index (χ0) is 9.90. The van der Waals surface area contributed by atoms with Gasteiger partial charge in [-0.05, 0) is 31.0 Å². The van der Waals surface area contributed by atoms with Gasteiger partial charge in [-0.15, -0.1) is 11.3 Å². The fraction of sp³-hybridized carbons (Fsp3) is 0.556. The molecule has 1 rings (SSSR count). The van der Waals surface area contributed by atoms with Crippen molar-refractivity contribution in [2.45, 2.75) is 19.3 Å². The standard InChI is InChI=1S/C9H13F2NS/c1-7-3-6-13-8(7)9(10,11)4-5-12-2/h3,6,12H,4-5H2,1-2H3. The highest BCUT2D eigenvalue weighted by molar-refractivity contribution is 7.10. The zero-order valence-corrected chi connectivity index (χ0v) is 8.55. The van der Waals surface area contributed by atoms with Gasteiger partial charge in [-0.25, -0.2) is 8.78 Å². The smallest absolute Gasteiger partial charge is 0.283 e.